The minimum absolute atomic E-state index is 0.124. The van der Waals surface area contributed by atoms with Crippen LogP contribution in [0, 0.1) is 13.8 Å². The number of aromatic nitrogens is 4. The molecular weight excluding hydrogens is 464 g/mol. The number of carbonyl (C=O) groups excluding carboxylic acids is 2. The normalized spacial score (nSPS) is 11.3. The fourth-order valence-corrected chi connectivity index (χ4v) is 4.74. The third-order valence-corrected chi connectivity index (χ3v) is 6.55. The standard InChI is InChI=1S/C25H24N6O3S/c1-14-18(15(2)31-24(27-14)19-6-4-5-7-20(19)30-31)9-11-23(33)29-25-28-21(13-35-25)22-10-8-17(34-22)12-26-16(3)32/h4-8,10,13H,9,11-12H2,1-3H3,(H,26,32)(H,28,29,33). The van der Waals surface area contributed by atoms with E-state index in [0.29, 0.717) is 41.7 Å². The highest BCUT2D eigenvalue weighted by atomic mass is 32.1. The van der Waals surface area contributed by atoms with Gasteiger partial charge in [-0.1, -0.05) is 12.1 Å². The lowest BCUT2D eigenvalue weighted by Crippen LogP contribution is -2.18. The van der Waals surface area contributed by atoms with Crippen molar-refractivity contribution in [1.29, 1.82) is 0 Å². The van der Waals surface area contributed by atoms with Gasteiger partial charge in [-0.3, -0.25) is 9.59 Å². The molecule has 2 N–H and O–H groups in total. The van der Waals surface area contributed by atoms with Crippen LogP contribution in [-0.2, 0) is 22.6 Å². The van der Waals surface area contributed by atoms with Crippen molar-refractivity contribution in [3.05, 3.63) is 64.5 Å². The molecule has 10 heteroatoms. The third-order valence-electron chi connectivity index (χ3n) is 5.80. The van der Waals surface area contributed by atoms with Crippen molar-refractivity contribution in [2.24, 2.45) is 0 Å². The van der Waals surface area contributed by atoms with Gasteiger partial charge in [-0.05, 0) is 50.1 Å². The zero-order chi connectivity index (χ0) is 24.5. The van der Waals surface area contributed by atoms with Gasteiger partial charge in [0.25, 0.3) is 0 Å². The summed E-state index contributed by atoms with van der Waals surface area (Å²) >= 11 is 1.33. The number of aryl methyl sites for hydroxylation is 2. The lowest BCUT2D eigenvalue weighted by Gasteiger charge is -2.11. The molecule has 0 saturated heterocycles. The molecule has 5 aromatic rings. The fourth-order valence-electron chi connectivity index (χ4n) is 4.03. The Morgan fingerprint density at radius 3 is 2.77 bits per heavy atom. The number of rotatable bonds is 7. The van der Waals surface area contributed by atoms with Gasteiger partial charge in [0.2, 0.25) is 11.8 Å². The quantitative estimate of drug-likeness (QED) is 0.350. The van der Waals surface area contributed by atoms with Crippen LogP contribution in [0.3, 0.4) is 0 Å². The number of hydrogen-bond acceptors (Lipinski definition) is 7. The van der Waals surface area contributed by atoms with Crippen molar-refractivity contribution in [1.82, 2.24) is 24.9 Å². The van der Waals surface area contributed by atoms with E-state index in [0.717, 1.165) is 33.5 Å². The zero-order valence-corrected chi connectivity index (χ0v) is 20.4. The van der Waals surface area contributed by atoms with Gasteiger partial charge in [0.15, 0.2) is 16.5 Å². The second-order valence-corrected chi connectivity index (χ2v) is 9.13. The topological polar surface area (TPSA) is 114 Å². The first kappa shape index (κ1) is 22.7. The molecule has 0 bridgehead atoms. The molecule has 4 heterocycles. The van der Waals surface area contributed by atoms with Crippen LogP contribution >= 0.6 is 11.3 Å². The fraction of sp³-hybridized carbons (Fsp3) is 0.240. The predicted molar refractivity (Wildman–Crippen MR) is 134 cm³/mol. The number of thiazole rings is 1. The van der Waals surface area contributed by atoms with Gasteiger partial charge in [-0.15, -0.1) is 11.3 Å². The highest BCUT2D eigenvalue weighted by molar-refractivity contribution is 7.14. The van der Waals surface area contributed by atoms with E-state index >= 15 is 0 Å². The molecule has 0 fully saturated rings. The summed E-state index contributed by atoms with van der Waals surface area (Å²) in [6.45, 7) is 5.75. The largest absolute Gasteiger partial charge is 0.458 e. The van der Waals surface area contributed by atoms with E-state index in [1.54, 1.807) is 12.1 Å². The van der Waals surface area contributed by atoms with Gasteiger partial charge < -0.3 is 15.1 Å². The number of anilines is 1. The van der Waals surface area contributed by atoms with Gasteiger partial charge in [0.1, 0.15) is 11.5 Å². The molecule has 0 aliphatic carbocycles. The molecule has 0 unspecified atom stereocenters. The number of hydrogen-bond donors (Lipinski definition) is 2. The minimum Gasteiger partial charge on any atom is -0.458 e. The Morgan fingerprint density at radius 2 is 1.94 bits per heavy atom. The number of benzene rings is 1. The molecule has 4 aromatic heterocycles. The molecule has 5 rings (SSSR count). The Balaban J connectivity index is 1.25. The smallest absolute Gasteiger partial charge is 0.226 e. The van der Waals surface area contributed by atoms with Crippen LogP contribution in [0.2, 0.25) is 0 Å². The Kier molecular flexibility index (Phi) is 6.04. The van der Waals surface area contributed by atoms with Crippen LogP contribution in [0.1, 0.15) is 36.1 Å². The monoisotopic (exact) mass is 488 g/mol. The Hall–Kier alpha value is -4.05. The van der Waals surface area contributed by atoms with E-state index in [1.165, 1.54) is 18.3 Å². The average molecular weight is 489 g/mol. The first-order valence-electron chi connectivity index (χ1n) is 11.2. The van der Waals surface area contributed by atoms with Crippen molar-refractivity contribution in [3.63, 3.8) is 0 Å². The highest BCUT2D eigenvalue weighted by Gasteiger charge is 2.16. The second kappa shape index (κ2) is 9.30. The number of nitrogens with zero attached hydrogens (tertiary/aromatic N) is 4. The van der Waals surface area contributed by atoms with Crippen LogP contribution in [0.5, 0.6) is 0 Å². The summed E-state index contributed by atoms with van der Waals surface area (Å²) in [6.07, 6.45) is 0.845. The summed E-state index contributed by atoms with van der Waals surface area (Å²) in [5, 5.41) is 13.6. The van der Waals surface area contributed by atoms with Crippen LogP contribution < -0.4 is 10.6 Å². The first-order chi connectivity index (χ1) is 16.9. The molecule has 0 spiro atoms. The molecule has 0 aliphatic heterocycles. The van der Waals surface area contributed by atoms with Gasteiger partial charge in [0, 0.05) is 35.5 Å². The van der Waals surface area contributed by atoms with Gasteiger partial charge in [-0.25, -0.2) is 14.5 Å². The van der Waals surface area contributed by atoms with E-state index < -0.39 is 0 Å². The van der Waals surface area contributed by atoms with Crippen LogP contribution in [0.4, 0.5) is 5.13 Å². The Labute approximate surface area is 205 Å². The van der Waals surface area contributed by atoms with E-state index in [9.17, 15) is 9.59 Å². The van der Waals surface area contributed by atoms with E-state index in [4.69, 9.17) is 9.40 Å². The zero-order valence-electron chi connectivity index (χ0n) is 19.6. The average Bonchev–Trinajstić information content (AvgIpc) is 3.56. The first-order valence-corrected chi connectivity index (χ1v) is 12.1. The van der Waals surface area contributed by atoms with Crippen molar-refractivity contribution < 1.29 is 14.0 Å². The lowest BCUT2D eigenvalue weighted by molar-refractivity contribution is -0.119. The van der Waals surface area contributed by atoms with Crippen LogP contribution in [0.15, 0.2) is 46.2 Å². The maximum atomic E-state index is 12.7. The van der Waals surface area contributed by atoms with E-state index in [2.05, 4.69) is 20.7 Å². The van der Waals surface area contributed by atoms with Crippen molar-refractivity contribution in [2.45, 2.75) is 40.2 Å². The molecule has 9 nitrogen and oxygen atoms in total. The third kappa shape index (κ3) is 4.65. The van der Waals surface area contributed by atoms with E-state index in [1.807, 2.05) is 48.0 Å². The molecular formula is C25H24N6O3S. The lowest BCUT2D eigenvalue weighted by atomic mass is 10.1. The molecule has 0 saturated carbocycles. The van der Waals surface area contributed by atoms with Crippen molar-refractivity contribution in [3.8, 4) is 11.5 Å². The van der Waals surface area contributed by atoms with Crippen molar-refractivity contribution >= 4 is 44.8 Å². The summed E-state index contributed by atoms with van der Waals surface area (Å²) in [7, 11) is 0. The second-order valence-electron chi connectivity index (χ2n) is 8.28. The number of fused-ring (bicyclic) bond motifs is 3. The predicted octanol–water partition coefficient (Wildman–Crippen LogP) is 4.42. The molecule has 0 atom stereocenters. The van der Waals surface area contributed by atoms with Gasteiger partial charge >= 0.3 is 0 Å². The minimum atomic E-state index is -0.124. The number of furan rings is 1. The summed E-state index contributed by atoms with van der Waals surface area (Å²) in [5.74, 6) is 0.969. The Bertz CT molecular complexity index is 1560. The highest BCUT2D eigenvalue weighted by Crippen LogP contribution is 2.27. The number of carbonyl (C=O) groups is 2. The van der Waals surface area contributed by atoms with Crippen molar-refractivity contribution in [2.75, 3.05) is 5.32 Å². The SMILES string of the molecule is CC(=O)NCc1ccc(-c2csc(NC(=O)CCc3c(C)nc4c5ccccc5nn4c3C)n2)o1. The summed E-state index contributed by atoms with van der Waals surface area (Å²) in [6, 6.07) is 11.5. The van der Waals surface area contributed by atoms with E-state index in [-0.39, 0.29) is 11.8 Å². The Morgan fingerprint density at radius 1 is 1.11 bits per heavy atom. The molecule has 0 aliphatic rings. The summed E-state index contributed by atoms with van der Waals surface area (Å²) in [5.41, 5.74) is 5.26. The molecule has 178 valence electrons. The summed E-state index contributed by atoms with van der Waals surface area (Å²) < 4.78 is 7.59. The van der Waals surface area contributed by atoms with Gasteiger partial charge in [0.05, 0.1) is 12.1 Å². The molecule has 2 amide bonds. The molecule has 35 heavy (non-hydrogen) atoms. The van der Waals surface area contributed by atoms with Crippen LogP contribution in [-0.4, -0.2) is 31.4 Å². The summed E-state index contributed by atoms with van der Waals surface area (Å²) in [4.78, 5) is 33.0. The maximum Gasteiger partial charge on any atom is 0.226 e. The maximum absolute atomic E-state index is 12.7. The number of nitrogens with one attached hydrogen (secondary N) is 2. The van der Waals surface area contributed by atoms with Crippen LogP contribution in [0.25, 0.3) is 28.0 Å². The molecule has 0 radical (unpaired) electrons. The number of amides is 2. The molecule has 1 aromatic carbocycles. The van der Waals surface area contributed by atoms with Gasteiger partial charge in [-0.2, -0.15) is 5.10 Å².